The van der Waals surface area contributed by atoms with E-state index in [4.69, 9.17) is 0 Å². The van der Waals surface area contributed by atoms with Crippen LogP contribution in [0.3, 0.4) is 0 Å². The normalized spacial score (nSPS) is 18.1. The summed E-state index contributed by atoms with van der Waals surface area (Å²) in [6.45, 7) is 4.32. The number of likely N-dealkylation sites (N-methyl/N-ethyl adjacent to an activating group) is 1. The van der Waals surface area contributed by atoms with Crippen LogP contribution >= 0.6 is 0 Å². The van der Waals surface area contributed by atoms with Crippen molar-refractivity contribution in [3.63, 3.8) is 0 Å². The standard InChI is InChI=1S/C8H15N3O/c1-8(2,11(3)4)7-9-5-6(12)10-7/h5H2,1-4H3,(H,9,10,12). The second kappa shape index (κ2) is 2.86. The minimum atomic E-state index is -0.188. The minimum Gasteiger partial charge on any atom is -0.311 e. The van der Waals surface area contributed by atoms with E-state index in [0.29, 0.717) is 0 Å². The maximum Gasteiger partial charge on any atom is 0.247 e. The smallest absolute Gasteiger partial charge is 0.247 e. The summed E-state index contributed by atoms with van der Waals surface area (Å²) in [6, 6.07) is 0. The molecule has 0 bridgehead atoms. The molecule has 0 spiro atoms. The Balaban J connectivity index is 2.76. The molecule has 1 rings (SSSR count). The number of hydrogen-bond donors (Lipinski definition) is 1. The third-order valence-electron chi connectivity index (χ3n) is 2.34. The molecule has 1 N–H and O–H groups in total. The fraction of sp³-hybridized carbons (Fsp3) is 0.750. The Morgan fingerprint density at radius 2 is 2.08 bits per heavy atom. The molecule has 68 valence electrons. The van der Waals surface area contributed by atoms with Crippen molar-refractivity contribution in [2.75, 3.05) is 20.6 Å². The van der Waals surface area contributed by atoms with Gasteiger partial charge in [-0.3, -0.25) is 14.7 Å². The summed E-state index contributed by atoms with van der Waals surface area (Å²) in [5, 5.41) is 2.74. The number of amides is 1. The third-order valence-corrected chi connectivity index (χ3v) is 2.34. The average Bonchev–Trinajstić information content (AvgIpc) is 2.35. The SMILES string of the molecule is CN(C)C(C)(C)C1=NCC(=O)N1. The van der Waals surface area contributed by atoms with Crippen molar-refractivity contribution in [1.29, 1.82) is 0 Å². The molecule has 12 heavy (non-hydrogen) atoms. The predicted octanol–water partition coefficient (Wildman–Crippen LogP) is -0.145. The van der Waals surface area contributed by atoms with Crippen LogP contribution in [0.15, 0.2) is 4.99 Å². The van der Waals surface area contributed by atoms with Gasteiger partial charge < -0.3 is 5.32 Å². The quantitative estimate of drug-likeness (QED) is 0.625. The summed E-state index contributed by atoms with van der Waals surface area (Å²) < 4.78 is 0. The van der Waals surface area contributed by atoms with E-state index in [9.17, 15) is 4.79 Å². The van der Waals surface area contributed by atoms with Gasteiger partial charge in [-0.15, -0.1) is 0 Å². The largest absolute Gasteiger partial charge is 0.311 e. The Morgan fingerprint density at radius 1 is 1.50 bits per heavy atom. The van der Waals surface area contributed by atoms with Gasteiger partial charge in [0.15, 0.2) is 0 Å². The number of rotatable bonds is 2. The van der Waals surface area contributed by atoms with Gasteiger partial charge in [0, 0.05) is 0 Å². The van der Waals surface area contributed by atoms with Crippen molar-refractivity contribution in [2.45, 2.75) is 19.4 Å². The second-order valence-electron chi connectivity index (χ2n) is 3.67. The van der Waals surface area contributed by atoms with E-state index in [-0.39, 0.29) is 18.0 Å². The lowest BCUT2D eigenvalue weighted by Crippen LogP contribution is -2.51. The molecule has 4 nitrogen and oxygen atoms in total. The molecule has 0 saturated carbocycles. The van der Waals surface area contributed by atoms with Gasteiger partial charge in [0.05, 0.1) is 5.54 Å². The number of nitrogens with zero attached hydrogens (tertiary/aromatic N) is 2. The Bertz CT molecular complexity index is 230. The number of nitrogens with one attached hydrogen (secondary N) is 1. The first-order chi connectivity index (χ1) is 5.44. The zero-order chi connectivity index (χ0) is 9.35. The molecule has 0 atom stereocenters. The maximum atomic E-state index is 10.9. The van der Waals surface area contributed by atoms with Gasteiger partial charge in [-0.25, -0.2) is 0 Å². The topological polar surface area (TPSA) is 44.7 Å². The van der Waals surface area contributed by atoms with Crippen LogP contribution in [0, 0.1) is 0 Å². The minimum absolute atomic E-state index is 0.0140. The van der Waals surface area contributed by atoms with Crippen LogP contribution in [0.4, 0.5) is 0 Å². The average molecular weight is 169 g/mol. The van der Waals surface area contributed by atoms with Gasteiger partial charge >= 0.3 is 0 Å². The monoisotopic (exact) mass is 169 g/mol. The van der Waals surface area contributed by atoms with Crippen LogP contribution in [0.1, 0.15) is 13.8 Å². The number of aliphatic imine (C=N–C) groups is 1. The number of carbonyl (C=O) groups excluding carboxylic acids is 1. The molecular formula is C8H15N3O. The molecule has 1 heterocycles. The van der Waals surface area contributed by atoms with E-state index in [1.165, 1.54) is 0 Å². The lowest BCUT2D eigenvalue weighted by Gasteiger charge is -2.32. The molecule has 1 aliphatic rings. The third kappa shape index (κ3) is 1.48. The summed E-state index contributed by atoms with van der Waals surface area (Å²) in [5.41, 5.74) is -0.188. The first kappa shape index (κ1) is 9.19. The van der Waals surface area contributed by atoms with Crippen LogP contribution in [-0.4, -0.2) is 42.8 Å². The van der Waals surface area contributed by atoms with Crippen molar-refractivity contribution in [3.8, 4) is 0 Å². The molecular weight excluding hydrogens is 154 g/mol. The molecule has 0 aromatic carbocycles. The van der Waals surface area contributed by atoms with E-state index in [2.05, 4.69) is 10.3 Å². The number of carbonyl (C=O) groups is 1. The van der Waals surface area contributed by atoms with Crippen molar-refractivity contribution in [2.24, 2.45) is 4.99 Å². The Hall–Kier alpha value is -0.900. The van der Waals surface area contributed by atoms with E-state index in [1.807, 2.05) is 32.8 Å². The summed E-state index contributed by atoms with van der Waals surface area (Å²) in [5.74, 6) is 0.748. The van der Waals surface area contributed by atoms with Crippen LogP contribution in [-0.2, 0) is 4.79 Å². The molecule has 4 heteroatoms. The van der Waals surface area contributed by atoms with E-state index >= 15 is 0 Å². The number of hydrogen-bond acceptors (Lipinski definition) is 3. The van der Waals surface area contributed by atoms with E-state index in [1.54, 1.807) is 0 Å². The number of amidine groups is 1. The Labute approximate surface area is 72.7 Å². The highest BCUT2D eigenvalue weighted by Crippen LogP contribution is 2.13. The van der Waals surface area contributed by atoms with Crippen molar-refractivity contribution in [1.82, 2.24) is 10.2 Å². The van der Waals surface area contributed by atoms with E-state index < -0.39 is 0 Å². The zero-order valence-electron chi connectivity index (χ0n) is 8.01. The zero-order valence-corrected chi connectivity index (χ0v) is 8.01. The molecule has 0 radical (unpaired) electrons. The highest BCUT2D eigenvalue weighted by atomic mass is 16.2. The van der Waals surface area contributed by atoms with Crippen LogP contribution in [0.25, 0.3) is 0 Å². The Morgan fingerprint density at radius 3 is 2.42 bits per heavy atom. The van der Waals surface area contributed by atoms with Gasteiger partial charge in [-0.2, -0.15) is 0 Å². The molecule has 1 aliphatic heterocycles. The maximum absolute atomic E-state index is 10.9. The second-order valence-corrected chi connectivity index (χ2v) is 3.67. The molecule has 0 aromatic rings. The van der Waals surface area contributed by atoms with Crippen LogP contribution in [0.2, 0.25) is 0 Å². The van der Waals surface area contributed by atoms with Gasteiger partial charge in [0.1, 0.15) is 12.4 Å². The summed E-state index contributed by atoms with van der Waals surface area (Å²) >= 11 is 0. The lowest BCUT2D eigenvalue weighted by atomic mass is 10.0. The van der Waals surface area contributed by atoms with Gasteiger partial charge in [-0.05, 0) is 27.9 Å². The summed E-state index contributed by atoms with van der Waals surface area (Å²) in [7, 11) is 3.93. The highest BCUT2D eigenvalue weighted by molar-refractivity contribution is 6.07. The fourth-order valence-electron chi connectivity index (χ4n) is 0.920. The van der Waals surface area contributed by atoms with Crippen LogP contribution in [0.5, 0.6) is 0 Å². The molecule has 0 unspecified atom stereocenters. The van der Waals surface area contributed by atoms with Crippen molar-refractivity contribution in [3.05, 3.63) is 0 Å². The van der Waals surface area contributed by atoms with E-state index in [0.717, 1.165) is 5.84 Å². The molecule has 0 saturated heterocycles. The first-order valence-electron chi connectivity index (χ1n) is 3.97. The van der Waals surface area contributed by atoms with Crippen LogP contribution < -0.4 is 5.32 Å². The summed E-state index contributed by atoms with van der Waals surface area (Å²) in [6.07, 6.45) is 0. The molecule has 0 fully saturated rings. The predicted molar refractivity (Wildman–Crippen MR) is 48.2 cm³/mol. The summed E-state index contributed by atoms with van der Waals surface area (Å²) in [4.78, 5) is 17.0. The fourth-order valence-corrected chi connectivity index (χ4v) is 0.920. The van der Waals surface area contributed by atoms with Crippen molar-refractivity contribution >= 4 is 11.7 Å². The molecule has 0 aliphatic carbocycles. The van der Waals surface area contributed by atoms with Gasteiger partial charge in [-0.1, -0.05) is 0 Å². The first-order valence-corrected chi connectivity index (χ1v) is 3.97. The highest BCUT2D eigenvalue weighted by Gasteiger charge is 2.31. The van der Waals surface area contributed by atoms with Gasteiger partial charge in [0.2, 0.25) is 5.91 Å². The van der Waals surface area contributed by atoms with Crippen molar-refractivity contribution < 1.29 is 4.79 Å². The molecule has 0 aromatic heterocycles. The molecule has 1 amide bonds. The Kier molecular flexibility index (Phi) is 2.19. The van der Waals surface area contributed by atoms with Gasteiger partial charge in [0.25, 0.3) is 0 Å². The lowest BCUT2D eigenvalue weighted by molar-refractivity contribution is -0.117.